The van der Waals surface area contributed by atoms with Crippen LogP contribution in [-0.4, -0.2) is 34.1 Å². The van der Waals surface area contributed by atoms with Crippen LogP contribution in [0.5, 0.6) is 0 Å². The monoisotopic (exact) mass is 282 g/mol. The van der Waals surface area contributed by atoms with Crippen molar-refractivity contribution < 1.29 is 10.1 Å². The molecule has 0 aromatic carbocycles. The first-order valence-corrected chi connectivity index (χ1v) is 6.86. The third-order valence-corrected chi connectivity index (χ3v) is 3.66. The van der Waals surface area contributed by atoms with Crippen LogP contribution in [0.3, 0.4) is 0 Å². The smallest absolute Gasteiger partial charge is 0.275 e. The van der Waals surface area contributed by atoms with Crippen molar-refractivity contribution in [2.24, 2.45) is 0 Å². The Bertz CT molecular complexity index is 648. The summed E-state index contributed by atoms with van der Waals surface area (Å²) in [6.07, 6.45) is 0.783. The third-order valence-electron chi connectivity index (χ3n) is 2.60. The summed E-state index contributed by atoms with van der Waals surface area (Å²) in [4.78, 5) is 27.9. The van der Waals surface area contributed by atoms with Crippen LogP contribution in [0.2, 0.25) is 0 Å². The summed E-state index contributed by atoms with van der Waals surface area (Å²) in [7, 11) is 1.59. The molecule has 8 heteroatoms. The maximum Gasteiger partial charge on any atom is 0.275 e. The van der Waals surface area contributed by atoms with Gasteiger partial charge in [0.25, 0.3) is 11.5 Å². The van der Waals surface area contributed by atoms with E-state index in [1.807, 2.05) is 6.92 Å². The zero-order valence-corrected chi connectivity index (χ0v) is 11.7. The topological polar surface area (TPSA) is 93.0 Å². The number of hydrogen-bond acceptors (Lipinski definition) is 5. The highest BCUT2D eigenvalue weighted by molar-refractivity contribution is 7.16. The molecule has 1 amide bonds. The third kappa shape index (κ3) is 3.15. The SMILES string of the molecule is CCc1nn2c(=O)cc(C[NH2+]CC(=O)NC)nc2s1. The lowest BCUT2D eigenvalue weighted by Gasteiger charge is -2.00. The van der Waals surface area contributed by atoms with Gasteiger partial charge >= 0.3 is 0 Å². The first-order chi connectivity index (χ1) is 9.13. The zero-order chi connectivity index (χ0) is 13.8. The molecule has 3 N–H and O–H groups in total. The van der Waals surface area contributed by atoms with Crippen molar-refractivity contribution in [1.29, 1.82) is 0 Å². The maximum atomic E-state index is 11.9. The number of rotatable bonds is 5. The molecule has 0 aliphatic carbocycles. The molecule has 7 nitrogen and oxygen atoms in total. The van der Waals surface area contributed by atoms with Gasteiger partial charge < -0.3 is 10.6 Å². The van der Waals surface area contributed by atoms with Crippen molar-refractivity contribution in [3.8, 4) is 0 Å². The van der Waals surface area contributed by atoms with Crippen LogP contribution in [0.4, 0.5) is 0 Å². The molecule has 0 atom stereocenters. The lowest BCUT2D eigenvalue weighted by atomic mass is 10.4. The minimum absolute atomic E-state index is 0.0520. The molecule has 19 heavy (non-hydrogen) atoms. The second-order valence-electron chi connectivity index (χ2n) is 4.00. The van der Waals surface area contributed by atoms with Gasteiger partial charge in [0.05, 0.1) is 0 Å². The molecule has 102 valence electrons. The van der Waals surface area contributed by atoms with Crippen LogP contribution < -0.4 is 16.2 Å². The van der Waals surface area contributed by atoms with Gasteiger partial charge in [-0.25, -0.2) is 4.98 Å². The van der Waals surface area contributed by atoms with E-state index in [9.17, 15) is 9.59 Å². The molecule has 0 bridgehead atoms. The number of likely N-dealkylation sites (N-methyl/N-ethyl adjacent to an activating group) is 1. The summed E-state index contributed by atoms with van der Waals surface area (Å²) in [5.41, 5.74) is 0.490. The summed E-state index contributed by atoms with van der Waals surface area (Å²) in [6.45, 7) is 2.81. The average Bonchev–Trinajstić information content (AvgIpc) is 2.82. The van der Waals surface area contributed by atoms with Crippen molar-refractivity contribution in [2.75, 3.05) is 13.6 Å². The molecule has 0 unspecified atom stereocenters. The maximum absolute atomic E-state index is 11.9. The van der Waals surface area contributed by atoms with Crippen molar-refractivity contribution >= 4 is 22.2 Å². The molecular formula is C11H16N5O2S+. The van der Waals surface area contributed by atoms with Crippen molar-refractivity contribution in [3.63, 3.8) is 0 Å². The number of nitrogens with one attached hydrogen (secondary N) is 1. The summed E-state index contributed by atoms with van der Waals surface area (Å²) in [6, 6.07) is 1.46. The van der Waals surface area contributed by atoms with Crippen molar-refractivity contribution in [1.82, 2.24) is 19.9 Å². The highest BCUT2D eigenvalue weighted by Crippen LogP contribution is 2.11. The Balaban J connectivity index is 2.16. The summed E-state index contributed by atoms with van der Waals surface area (Å²) < 4.78 is 1.33. The van der Waals surface area contributed by atoms with E-state index < -0.39 is 0 Å². The normalized spacial score (nSPS) is 10.8. The molecule has 0 aliphatic heterocycles. The molecule has 2 aromatic rings. The average molecular weight is 282 g/mol. The Hall–Kier alpha value is -1.80. The minimum atomic E-state index is -0.177. The number of carbonyl (C=O) groups excluding carboxylic acids is 1. The first-order valence-electron chi connectivity index (χ1n) is 6.05. The van der Waals surface area contributed by atoms with Crippen LogP contribution in [0, 0.1) is 0 Å². The van der Waals surface area contributed by atoms with Crippen LogP contribution in [-0.2, 0) is 17.8 Å². The molecule has 0 spiro atoms. The fourth-order valence-corrected chi connectivity index (χ4v) is 2.45. The predicted octanol–water partition coefficient (Wildman–Crippen LogP) is -1.48. The van der Waals surface area contributed by atoms with E-state index in [2.05, 4.69) is 15.4 Å². The Labute approximate surface area is 113 Å². The highest BCUT2D eigenvalue weighted by atomic mass is 32.1. The highest BCUT2D eigenvalue weighted by Gasteiger charge is 2.09. The Morgan fingerprint density at radius 1 is 1.58 bits per heavy atom. The Morgan fingerprint density at radius 3 is 3.05 bits per heavy atom. The zero-order valence-electron chi connectivity index (χ0n) is 10.8. The molecular weight excluding hydrogens is 266 g/mol. The standard InChI is InChI=1S/C11H15N5O2S/c1-3-9-15-16-10(18)4-7(14-11(16)19-9)5-13-6-8(17)12-2/h4,13H,3,5-6H2,1-2H3,(H,12,17)/p+1. The largest absolute Gasteiger partial charge is 0.354 e. The fourth-order valence-electron chi connectivity index (χ4n) is 1.60. The van der Waals surface area contributed by atoms with E-state index in [0.717, 1.165) is 11.4 Å². The predicted molar refractivity (Wildman–Crippen MR) is 71.1 cm³/mol. The molecule has 0 saturated heterocycles. The van der Waals surface area contributed by atoms with E-state index in [-0.39, 0.29) is 11.5 Å². The number of aryl methyl sites for hydroxylation is 1. The van der Waals surface area contributed by atoms with E-state index in [0.29, 0.717) is 23.7 Å². The van der Waals surface area contributed by atoms with Crippen molar-refractivity contribution in [2.45, 2.75) is 19.9 Å². The van der Waals surface area contributed by atoms with Gasteiger partial charge in [-0.1, -0.05) is 18.3 Å². The number of amides is 1. The second-order valence-corrected chi connectivity index (χ2v) is 5.04. The molecule has 2 rings (SSSR count). The van der Waals surface area contributed by atoms with Gasteiger partial charge in [0.15, 0.2) is 6.54 Å². The molecule has 2 aromatic heterocycles. The minimum Gasteiger partial charge on any atom is -0.354 e. The molecule has 0 fully saturated rings. The van der Waals surface area contributed by atoms with Gasteiger partial charge in [-0.05, 0) is 6.42 Å². The lowest BCUT2D eigenvalue weighted by Crippen LogP contribution is -2.85. The van der Waals surface area contributed by atoms with E-state index in [1.165, 1.54) is 21.9 Å². The van der Waals surface area contributed by atoms with E-state index in [1.54, 1.807) is 12.4 Å². The van der Waals surface area contributed by atoms with Gasteiger partial charge in [-0.3, -0.25) is 9.59 Å². The number of nitrogens with zero attached hydrogens (tertiary/aromatic N) is 3. The number of aromatic nitrogens is 3. The molecule has 0 saturated carbocycles. The lowest BCUT2D eigenvalue weighted by molar-refractivity contribution is -0.660. The van der Waals surface area contributed by atoms with E-state index in [4.69, 9.17) is 0 Å². The molecule has 0 aliphatic rings. The molecule has 2 heterocycles. The number of quaternary nitrogens is 1. The van der Waals surface area contributed by atoms with Gasteiger partial charge in [0.2, 0.25) is 4.96 Å². The number of hydrogen-bond donors (Lipinski definition) is 2. The van der Waals surface area contributed by atoms with Crippen LogP contribution >= 0.6 is 11.3 Å². The fraction of sp³-hybridized carbons (Fsp3) is 0.455. The van der Waals surface area contributed by atoms with Gasteiger partial charge in [-0.15, -0.1) is 0 Å². The summed E-state index contributed by atoms with van der Waals surface area (Å²) >= 11 is 1.42. The molecule has 0 radical (unpaired) electrons. The first kappa shape index (κ1) is 13.6. The van der Waals surface area contributed by atoms with Crippen molar-refractivity contribution in [3.05, 3.63) is 27.1 Å². The van der Waals surface area contributed by atoms with Crippen LogP contribution in [0.25, 0.3) is 4.96 Å². The van der Waals surface area contributed by atoms with E-state index >= 15 is 0 Å². The number of nitrogens with two attached hydrogens (primary N) is 1. The van der Waals surface area contributed by atoms with Crippen LogP contribution in [0.1, 0.15) is 17.6 Å². The van der Waals surface area contributed by atoms with Crippen LogP contribution in [0.15, 0.2) is 10.9 Å². The van der Waals surface area contributed by atoms with Gasteiger partial charge in [-0.2, -0.15) is 9.61 Å². The quantitative estimate of drug-likeness (QED) is 0.700. The Kier molecular flexibility index (Phi) is 4.23. The number of fused-ring (bicyclic) bond motifs is 1. The van der Waals surface area contributed by atoms with Gasteiger partial charge in [0, 0.05) is 13.1 Å². The van der Waals surface area contributed by atoms with Gasteiger partial charge in [0.1, 0.15) is 17.2 Å². The number of carbonyl (C=O) groups is 1. The summed E-state index contributed by atoms with van der Waals surface area (Å²) in [5, 5.41) is 9.41. The Morgan fingerprint density at radius 2 is 2.37 bits per heavy atom. The second kappa shape index (κ2) is 5.89. The summed E-state index contributed by atoms with van der Waals surface area (Å²) in [5.74, 6) is -0.0520.